The molecule has 0 saturated carbocycles. The Balaban J connectivity index is 1.32. The SMILES string of the molecule is O=[N+]([O-])c1cccc([C@H]2CN3CCC[C@H]3c3cc(OCCCN4CCCCC4)ccc32)c1. The quantitative estimate of drug-likeness (QED) is 0.343. The molecular formula is C26H33N3O3. The van der Waals surface area contributed by atoms with E-state index < -0.39 is 0 Å². The first-order chi connectivity index (χ1) is 15.7. The van der Waals surface area contributed by atoms with Crippen LogP contribution in [0.3, 0.4) is 0 Å². The second-order valence-electron chi connectivity index (χ2n) is 9.45. The fourth-order valence-electron chi connectivity index (χ4n) is 5.78. The van der Waals surface area contributed by atoms with Gasteiger partial charge in [-0.1, -0.05) is 24.6 Å². The van der Waals surface area contributed by atoms with Crippen LogP contribution in [0.4, 0.5) is 5.69 Å². The first kappa shape index (κ1) is 21.4. The normalized spacial score (nSPS) is 23.5. The molecule has 0 bridgehead atoms. The zero-order chi connectivity index (χ0) is 21.9. The van der Waals surface area contributed by atoms with Crippen molar-refractivity contribution in [2.24, 2.45) is 0 Å². The minimum Gasteiger partial charge on any atom is -0.494 e. The van der Waals surface area contributed by atoms with Gasteiger partial charge in [-0.05, 0) is 80.6 Å². The third-order valence-corrected chi connectivity index (χ3v) is 7.39. The summed E-state index contributed by atoms with van der Waals surface area (Å²) in [5.74, 6) is 1.11. The molecule has 2 atom stereocenters. The van der Waals surface area contributed by atoms with Crippen molar-refractivity contribution in [1.82, 2.24) is 9.80 Å². The zero-order valence-corrected chi connectivity index (χ0v) is 18.7. The maximum absolute atomic E-state index is 11.3. The van der Waals surface area contributed by atoms with Gasteiger partial charge in [-0.25, -0.2) is 0 Å². The van der Waals surface area contributed by atoms with E-state index in [1.807, 2.05) is 12.1 Å². The average Bonchev–Trinajstić information content (AvgIpc) is 3.31. The molecule has 0 aliphatic carbocycles. The first-order valence-corrected chi connectivity index (χ1v) is 12.2. The number of hydrogen-bond donors (Lipinski definition) is 0. The van der Waals surface area contributed by atoms with Crippen molar-refractivity contribution in [2.75, 3.05) is 39.3 Å². The van der Waals surface area contributed by atoms with Crippen LogP contribution in [0, 0.1) is 10.1 Å². The van der Waals surface area contributed by atoms with Gasteiger partial charge in [-0.15, -0.1) is 0 Å². The Labute approximate surface area is 190 Å². The van der Waals surface area contributed by atoms with Crippen molar-refractivity contribution in [3.8, 4) is 5.75 Å². The van der Waals surface area contributed by atoms with E-state index in [1.165, 1.54) is 56.3 Å². The highest BCUT2D eigenvalue weighted by molar-refractivity contribution is 5.48. The van der Waals surface area contributed by atoms with Crippen molar-refractivity contribution < 1.29 is 9.66 Å². The Morgan fingerprint density at radius 1 is 1.00 bits per heavy atom. The van der Waals surface area contributed by atoms with Crippen LogP contribution >= 0.6 is 0 Å². The van der Waals surface area contributed by atoms with Gasteiger partial charge in [0.05, 0.1) is 11.5 Å². The lowest BCUT2D eigenvalue weighted by atomic mass is 9.81. The van der Waals surface area contributed by atoms with E-state index in [-0.39, 0.29) is 16.5 Å². The molecule has 2 saturated heterocycles. The number of likely N-dealkylation sites (tertiary alicyclic amines) is 1. The van der Waals surface area contributed by atoms with Crippen molar-refractivity contribution in [1.29, 1.82) is 0 Å². The number of non-ortho nitro benzene ring substituents is 1. The summed E-state index contributed by atoms with van der Waals surface area (Å²) in [6.45, 7) is 6.35. The molecule has 0 amide bonds. The van der Waals surface area contributed by atoms with Crippen LogP contribution in [0.1, 0.15) is 67.2 Å². The number of benzene rings is 2. The molecule has 6 heteroatoms. The van der Waals surface area contributed by atoms with Gasteiger partial charge in [0.15, 0.2) is 0 Å². The summed E-state index contributed by atoms with van der Waals surface area (Å²) in [5.41, 5.74) is 3.84. The zero-order valence-electron chi connectivity index (χ0n) is 18.7. The van der Waals surface area contributed by atoms with Gasteiger partial charge in [0, 0.05) is 37.2 Å². The molecule has 0 N–H and O–H groups in total. The molecular weight excluding hydrogens is 402 g/mol. The Bertz CT molecular complexity index is 957. The maximum atomic E-state index is 11.3. The van der Waals surface area contributed by atoms with Crippen LogP contribution in [-0.2, 0) is 0 Å². The molecule has 170 valence electrons. The monoisotopic (exact) mass is 435 g/mol. The fraction of sp³-hybridized carbons (Fsp3) is 0.538. The molecule has 0 spiro atoms. The molecule has 0 unspecified atom stereocenters. The highest BCUT2D eigenvalue weighted by Crippen LogP contribution is 2.45. The van der Waals surface area contributed by atoms with E-state index in [0.717, 1.165) is 44.0 Å². The number of rotatable bonds is 7. The molecule has 5 rings (SSSR count). The third-order valence-electron chi connectivity index (χ3n) is 7.39. The van der Waals surface area contributed by atoms with Crippen molar-refractivity contribution in [3.05, 3.63) is 69.3 Å². The molecule has 2 aromatic carbocycles. The minimum absolute atomic E-state index is 0.160. The maximum Gasteiger partial charge on any atom is 0.269 e. The van der Waals surface area contributed by atoms with Gasteiger partial charge < -0.3 is 9.64 Å². The highest BCUT2D eigenvalue weighted by atomic mass is 16.6. The van der Waals surface area contributed by atoms with Crippen molar-refractivity contribution in [2.45, 2.75) is 50.5 Å². The topological polar surface area (TPSA) is 58.9 Å². The van der Waals surface area contributed by atoms with Gasteiger partial charge >= 0.3 is 0 Å². The van der Waals surface area contributed by atoms with Gasteiger partial charge in [0.25, 0.3) is 5.69 Å². The van der Waals surface area contributed by atoms with Crippen LogP contribution in [0.5, 0.6) is 5.75 Å². The predicted molar refractivity (Wildman–Crippen MR) is 125 cm³/mol. The lowest BCUT2D eigenvalue weighted by molar-refractivity contribution is -0.384. The Kier molecular flexibility index (Phi) is 6.42. The van der Waals surface area contributed by atoms with Crippen LogP contribution in [0.2, 0.25) is 0 Å². The smallest absolute Gasteiger partial charge is 0.269 e. The minimum atomic E-state index is -0.299. The molecule has 3 aliphatic rings. The average molecular weight is 436 g/mol. The van der Waals surface area contributed by atoms with Gasteiger partial charge in [0.1, 0.15) is 5.75 Å². The summed E-state index contributed by atoms with van der Waals surface area (Å²) in [4.78, 5) is 16.1. The van der Waals surface area contributed by atoms with E-state index in [2.05, 4.69) is 28.0 Å². The van der Waals surface area contributed by atoms with Crippen LogP contribution in [0.25, 0.3) is 0 Å². The summed E-state index contributed by atoms with van der Waals surface area (Å²) in [6.07, 6.45) is 7.46. The summed E-state index contributed by atoms with van der Waals surface area (Å²) >= 11 is 0. The Morgan fingerprint density at radius 3 is 2.72 bits per heavy atom. The largest absolute Gasteiger partial charge is 0.494 e. The number of piperidine rings is 1. The molecule has 2 aromatic rings. The van der Waals surface area contributed by atoms with Crippen molar-refractivity contribution >= 4 is 5.69 Å². The summed E-state index contributed by atoms with van der Waals surface area (Å²) in [7, 11) is 0. The number of hydrogen-bond acceptors (Lipinski definition) is 5. The summed E-state index contributed by atoms with van der Waals surface area (Å²) in [6, 6.07) is 14.1. The lowest BCUT2D eigenvalue weighted by Gasteiger charge is -2.37. The number of nitro benzene ring substituents is 1. The summed E-state index contributed by atoms with van der Waals surface area (Å²) in [5, 5.41) is 11.3. The number of ether oxygens (including phenoxy) is 1. The third kappa shape index (κ3) is 4.52. The van der Waals surface area contributed by atoms with Gasteiger partial charge in [-0.2, -0.15) is 0 Å². The van der Waals surface area contributed by atoms with E-state index in [9.17, 15) is 10.1 Å². The number of nitrogens with zero attached hydrogens (tertiary/aromatic N) is 3. The number of fused-ring (bicyclic) bond motifs is 3. The van der Waals surface area contributed by atoms with Gasteiger partial charge in [-0.3, -0.25) is 15.0 Å². The van der Waals surface area contributed by atoms with Gasteiger partial charge in [0.2, 0.25) is 0 Å². The molecule has 2 fully saturated rings. The predicted octanol–water partition coefficient (Wildman–Crippen LogP) is 5.13. The first-order valence-electron chi connectivity index (χ1n) is 12.2. The van der Waals surface area contributed by atoms with Crippen LogP contribution in [0.15, 0.2) is 42.5 Å². The van der Waals surface area contributed by atoms with Crippen LogP contribution < -0.4 is 4.74 Å². The Hall–Kier alpha value is -2.44. The van der Waals surface area contributed by atoms with E-state index >= 15 is 0 Å². The molecule has 3 heterocycles. The number of nitro groups is 1. The molecule has 32 heavy (non-hydrogen) atoms. The Morgan fingerprint density at radius 2 is 1.88 bits per heavy atom. The lowest BCUT2D eigenvalue weighted by Crippen LogP contribution is -2.34. The fourth-order valence-corrected chi connectivity index (χ4v) is 5.78. The standard InChI is InChI=1S/C26H33N3O3/c30-29(31)21-8-4-7-20(17-21)25-19-28-15-5-9-26(28)24-18-22(10-11-23(24)25)32-16-6-14-27-12-2-1-3-13-27/h4,7-8,10-11,17-18,25-26H,1-3,5-6,9,12-16,19H2/t25-,26+/m1/s1. The molecule has 3 aliphatic heterocycles. The summed E-state index contributed by atoms with van der Waals surface area (Å²) < 4.78 is 6.17. The molecule has 0 aromatic heterocycles. The van der Waals surface area contributed by atoms with E-state index in [0.29, 0.717) is 6.04 Å². The second kappa shape index (κ2) is 9.59. The molecule has 0 radical (unpaired) electrons. The second-order valence-corrected chi connectivity index (χ2v) is 9.45. The van der Waals surface area contributed by atoms with E-state index in [1.54, 1.807) is 12.1 Å². The van der Waals surface area contributed by atoms with E-state index in [4.69, 9.17) is 4.74 Å². The molecule has 6 nitrogen and oxygen atoms in total. The highest BCUT2D eigenvalue weighted by Gasteiger charge is 2.37. The van der Waals surface area contributed by atoms with Crippen molar-refractivity contribution in [3.63, 3.8) is 0 Å². The van der Waals surface area contributed by atoms with Crippen LogP contribution in [-0.4, -0.2) is 54.1 Å².